The van der Waals surface area contributed by atoms with E-state index in [2.05, 4.69) is 12.1 Å². The van der Waals surface area contributed by atoms with Crippen molar-refractivity contribution >= 4 is 17.7 Å². The number of aliphatic carboxylic acids is 1. The van der Waals surface area contributed by atoms with Crippen LogP contribution in [0.15, 0.2) is 5.16 Å². The van der Waals surface area contributed by atoms with E-state index in [9.17, 15) is 9.59 Å². The zero-order chi connectivity index (χ0) is 17.2. The molecule has 1 unspecified atom stereocenters. The third-order valence-corrected chi connectivity index (χ3v) is 3.19. The molecule has 0 aromatic carbocycles. The molecular formula is C16H29NO5. The fraction of sp³-hybridized carbons (Fsp3) is 0.812. The molecule has 0 bridgehead atoms. The van der Waals surface area contributed by atoms with Crippen molar-refractivity contribution in [2.24, 2.45) is 11.1 Å². The van der Waals surface area contributed by atoms with Gasteiger partial charge < -0.3 is 15.1 Å². The Bertz CT molecular complexity index is 384. The molecule has 0 fully saturated rings. The second-order valence-corrected chi connectivity index (χ2v) is 6.43. The lowest BCUT2D eigenvalue weighted by atomic mass is 9.95. The number of hydrogen-bond donors (Lipinski definition) is 2. The molecule has 1 atom stereocenters. The zero-order valence-corrected chi connectivity index (χ0v) is 14.1. The summed E-state index contributed by atoms with van der Waals surface area (Å²) in [6.07, 6.45) is 6.43. The van der Waals surface area contributed by atoms with Gasteiger partial charge in [-0.25, -0.2) is 4.79 Å². The maximum atomic E-state index is 12.2. The van der Waals surface area contributed by atoms with Gasteiger partial charge in [0.1, 0.15) is 11.5 Å². The highest BCUT2D eigenvalue weighted by molar-refractivity contribution is 6.39. The van der Waals surface area contributed by atoms with Gasteiger partial charge in [-0.15, -0.1) is 0 Å². The minimum atomic E-state index is -1.40. The van der Waals surface area contributed by atoms with Crippen molar-refractivity contribution in [2.45, 2.75) is 78.2 Å². The predicted molar refractivity (Wildman–Crippen MR) is 84.2 cm³/mol. The van der Waals surface area contributed by atoms with Crippen molar-refractivity contribution in [3.8, 4) is 0 Å². The summed E-state index contributed by atoms with van der Waals surface area (Å²) >= 11 is 0. The first-order valence-corrected chi connectivity index (χ1v) is 7.91. The number of hydrogen-bond acceptors (Lipinski definition) is 5. The number of rotatable bonds is 10. The van der Waals surface area contributed by atoms with Gasteiger partial charge in [-0.1, -0.05) is 50.6 Å². The van der Waals surface area contributed by atoms with Crippen LogP contribution in [0.2, 0.25) is 0 Å². The summed E-state index contributed by atoms with van der Waals surface area (Å²) in [5.41, 5.74) is -1.27. The van der Waals surface area contributed by atoms with Crippen molar-refractivity contribution < 1.29 is 24.6 Å². The Hall–Kier alpha value is -1.59. The van der Waals surface area contributed by atoms with Crippen LogP contribution in [0.5, 0.6) is 0 Å². The van der Waals surface area contributed by atoms with Gasteiger partial charge in [-0.05, 0) is 27.2 Å². The highest BCUT2D eigenvalue weighted by Gasteiger charge is 2.33. The summed E-state index contributed by atoms with van der Waals surface area (Å²) in [6.45, 7) is 7.27. The molecule has 0 saturated heterocycles. The van der Waals surface area contributed by atoms with E-state index in [1.54, 1.807) is 20.8 Å². The van der Waals surface area contributed by atoms with Crippen LogP contribution >= 0.6 is 0 Å². The average molecular weight is 315 g/mol. The number of esters is 1. The van der Waals surface area contributed by atoms with Crippen LogP contribution in [0.1, 0.15) is 72.6 Å². The normalized spacial score (nSPS) is 13.7. The molecule has 0 aromatic rings. The number of carboxylic acids is 1. The van der Waals surface area contributed by atoms with Crippen LogP contribution in [-0.4, -0.2) is 33.6 Å². The Balaban J connectivity index is 4.67. The number of carbonyl (C=O) groups excluding carboxylic acids is 1. The fourth-order valence-electron chi connectivity index (χ4n) is 2.13. The summed E-state index contributed by atoms with van der Waals surface area (Å²) in [5.74, 6) is -3.09. The van der Waals surface area contributed by atoms with Crippen molar-refractivity contribution in [1.29, 1.82) is 0 Å². The summed E-state index contributed by atoms with van der Waals surface area (Å²) in [5, 5.41) is 20.7. The summed E-state index contributed by atoms with van der Waals surface area (Å²) < 4.78 is 5.23. The highest BCUT2D eigenvalue weighted by atomic mass is 16.6. The highest BCUT2D eigenvalue weighted by Crippen LogP contribution is 2.19. The molecule has 6 nitrogen and oxygen atoms in total. The molecule has 0 amide bonds. The number of carbonyl (C=O) groups is 2. The van der Waals surface area contributed by atoms with Crippen LogP contribution in [0.3, 0.4) is 0 Å². The first kappa shape index (κ1) is 20.4. The van der Waals surface area contributed by atoms with Crippen molar-refractivity contribution in [1.82, 2.24) is 0 Å². The molecule has 2 N–H and O–H groups in total. The van der Waals surface area contributed by atoms with Crippen LogP contribution in [0.25, 0.3) is 0 Å². The van der Waals surface area contributed by atoms with Crippen molar-refractivity contribution in [2.75, 3.05) is 0 Å². The Kier molecular flexibility index (Phi) is 9.45. The van der Waals surface area contributed by atoms with Gasteiger partial charge in [0.15, 0.2) is 5.71 Å². The average Bonchev–Trinajstić information content (AvgIpc) is 2.38. The molecule has 6 heteroatoms. The molecule has 0 rings (SSSR count). The molecule has 128 valence electrons. The largest absolute Gasteiger partial charge is 0.477 e. The molecule has 0 spiro atoms. The summed E-state index contributed by atoms with van der Waals surface area (Å²) in [4.78, 5) is 23.3. The lowest BCUT2D eigenvalue weighted by molar-refractivity contribution is -0.158. The van der Waals surface area contributed by atoms with Crippen molar-refractivity contribution in [3.05, 3.63) is 0 Å². The summed E-state index contributed by atoms with van der Waals surface area (Å²) in [7, 11) is 0. The Labute approximate surface area is 132 Å². The van der Waals surface area contributed by atoms with Crippen LogP contribution in [0, 0.1) is 5.92 Å². The van der Waals surface area contributed by atoms with Gasteiger partial charge in [0.25, 0.3) is 0 Å². The SMILES string of the molecule is CCCCCCCCC(C(=O)OC(C)(C)C)C(=NO)C(=O)O. The minimum Gasteiger partial charge on any atom is -0.477 e. The number of unbranched alkanes of at least 4 members (excludes halogenated alkanes) is 5. The standard InChI is InChI=1S/C16H29NO5/c1-5-6-7-8-9-10-11-12(13(17-21)14(18)19)15(20)22-16(2,3)4/h12,21H,5-11H2,1-4H3,(H,18,19). The number of oxime groups is 1. The molecule has 0 heterocycles. The molecule has 0 aliphatic heterocycles. The van der Waals surface area contributed by atoms with Crippen LogP contribution in [-0.2, 0) is 14.3 Å². The van der Waals surface area contributed by atoms with Gasteiger partial charge in [-0.3, -0.25) is 4.79 Å². The van der Waals surface area contributed by atoms with E-state index in [0.717, 1.165) is 25.7 Å². The monoisotopic (exact) mass is 315 g/mol. The van der Waals surface area contributed by atoms with Gasteiger partial charge in [0.2, 0.25) is 0 Å². The third kappa shape index (κ3) is 8.64. The predicted octanol–water partition coefficient (Wildman–Crippen LogP) is 3.61. The van der Waals surface area contributed by atoms with E-state index in [1.807, 2.05) is 0 Å². The first-order valence-electron chi connectivity index (χ1n) is 7.91. The number of ether oxygens (including phenoxy) is 1. The van der Waals surface area contributed by atoms with Crippen LogP contribution < -0.4 is 0 Å². The lowest BCUT2D eigenvalue weighted by Gasteiger charge is -2.23. The molecule has 0 aromatic heterocycles. The first-order chi connectivity index (χ1) is 10.2. The molecule has 22 heavy (non-hydrogen) atoms. The van der Waals surface area contributed by atoms with E-state index in [0.29, 0.717) is 12.8 Å². The Morgan fingerprint density at radius 2 is 1.64 bits per heavy atom. The molecular weight excluding hydrogens is 286 g/mol. The maximum absolute atomic E-state index is 12.2. The molecule has 0 aliphatic rings. The van der Waals surface area contributed by atoms with E-state index in [-0.39, 0.29) is 0 Å². The van der Waals surface area contributed by atoms with Gasteiger partial charge >= 0.3 is 11.9 Å². The third-order valence-electron chi connectivity index (χ3n) is 3.19. The topological polar surface area (TPSA) is 96.2 Å². The molecule has 0 saturated carbocycles. The minimum absolute atomic E-state index is 0.312. The van der Waals surface area contributed by atoms with Gasteiger partial charge in [0.05, 0.1) is 0 Å². The van der Waals surface area contributed by atoms with E-state index < -0.39 is 29.2 Å². The lowest BCUT2D eigenvalue weighted by Crippen LogP contribution is -2.36. The second-order valence-electron chi connectivity index (χ2n) is 6.43. The summed E-state index contributed by atoms with van der Waals surface area (Å²) in [6, 6.07) is 0. The van der Waals surface area contributed by atoms with Crippen molar-refractivity contribution in [3.63, 3.8) is 0 Å². The fourth-order valence-corrected chi connectivity index (χ4v) is 2.13. The smallest absolute Gasteiger partial charge is 0.354 e. The number of nitrogens with zero attached hydrogens (tertiary/aromatic N) is 1. The van der Waals surface area contributed by atoms with Gasteiger partial charge in [0, 0.05) is 0 Å². The van der Waals surface area contributed by atoms with E-state index in [4.69, 9.17) is 15.1 Å². The quantitative estimate of drug-likeness (QED) is 0.211. The number of carboxylic acid groups (broad SMARTS) is 1. The molecule has 0 radical (unpaired) electrons. The molecule has 0 aliphatic carbocycles. The van der Waals surface area contributed by atoms with E-state index in [1.165, 1.54) is 6.42 Å². The van der Waals surface area contributed by atoms with E-state index >= 15 is 0 Å². The Morgan fingerprint density at radius 1 is 1.09 bits per heavy atom. The zero-order valence-electron chi connectivity index (χ0n) is 14.1. The van der Waals surface area contributed by atoms with Gasteiger partial charge in [-0.2, -0.15) is 0 Å². The maximum Gasteiger partial charge on any atom is 0.354 e. The Morgan fingerprint density at radius 3 is 2.09 bits per heavy atom. The van der Waals surface area contributed by atoms with Crippen LogP contribution in [0.4, 0.5) is 0 Å². The second kappa shape index (κ2) is 10.2.